The fraction of sp³-hybridized carbons (Fsp3) is 0.806. The number of rotatable bonds is 28. The van der Waals surface area contributed by atoms with E-state index in [9.17, 15) is 14.2 Å². The number of unbranched alkanes of at least 4 members (excludes halogenated alkanes) is 14. The van der Waals surface area contributed by atoms with Gasteiger partial charge >= 0.3 is 19.8 Å². The van der Waals surface area contributed by atoms with Crippen LogP contribution in [0.25, 0.3) is 0 Å². The van der Waals surface area contributed by atoms with Gasteiger partial charge in [-0.3, -0.25) is 14.1 Å². The van der Waals surface area contributed by atoms with Crippen LogP contribution in [0.15, 0.2) is 24.3 Å². The summed E-state index contributed by atoms with van der Waals surface area (Å²) in [6.07, 6.45) is 27.7. The standard InChI is InChI=1S/C31H57O8P/c1-3-5-7-9-11-13-14-15-16-18-20-22-24-26-31(33)39-29(28-38-40(34,35)36)27-37-30(32)25-23-21-19-17-12-10-8-6-4-2/h7,9,13-14,29H,3-6,8,10-12,15-28H2,1-2H3,(H2,34,35,36)/b9-7-,14-13-. The smallest absolute Gasteiger partial charge is 0.462 e. The number of hydrogen-bond donors (Lipinski definition) is 2. The third kappa shape index (κ3) is 29.5. The Labute approximate surface area is 243 Å². The molecule has 0 aliphatic rings. The lowest BCUT2D eigenvalue weighted by molar-refractivity contribution is -0.161. The predicted octanol–water partition coefficient (Wildman–Crippen LogP) is 8.50. The molecule has 9 heteroatoms. The van der Waals surface area contributed by atoms with Crippen molar-refractivity contribution in [2.24, 2.45) is 0 Å². The van der Waals surface area contributed by atoms with Crippen molar-refractivity contribution in [3.63, 3.8) is 0 Å². The molecule has 0 saturated carbocycles. The van der Waals surface area contributed by atoms with E-state index in [-0.39, 0.29) is 19.4 Å². The average molecular weight is 589 g/mol. The third-order valence-electron chi connectivity index (χ3n) is 6.45. The molecule has 0 aliphatic heterocycles. The number of hydrogen-bond acceptors (Lipinski definition) is 6. The fourth-order valence-corrected chi connectivity index (χ4v) is 4.47. The molecule has 0 rings (SSSR count). The van der Waals surface area contributed by atoms with Crippen molar-refractivity contribution < 1.29 is 37.9 Å². The van der Waals surface area contributed by atoms with E-state index in [0.29, 0.717) is 6.42 Å². The Balaban J connectivity index is 4.08. The van der Waals surface area contributed by atoms with E-state index >= 15 is 0 Å². The van der Waals surface area contributed by atoms with Gasteiger partial charge in [-0.1, -0.05) is 115 Å². The molecule has 0 radical (unpaired) electrons. The zero-order valence-electron chi connectivity index (χ0n) is 25.2. The van der Waals surface area contributed by atoms with E-state index in [1.54, 1.807) is 0 Å². The molecule has 0 aliphatic carbocycles. The number of carbonyl (C=O) groups is 2. The fourth-order valence-electron chi connectivity index (χ4n) is 4.11. The zero-order chi connectivity index (χ0) is 29.7. The highest BCUT2D eigenvalue weighted by Gasteiger charge is 2.22. The van der Waals surface area contributed by atoms with Crippen LogP contribution in [-0.2, 0) is 28.2 Å². The predicted molar refractivity (Wildman–Crippen MR) is 161 cm³/mol. The van der Waals surface area contributed by atoms with E-state index in [1.165, 1.54) is 44.9 Å². The van der Waals surface area contributed by atoms with Gasteiger partial charge in [0, 0.05) is 12.8 Å². The SMILES string of the molecule is CCC/C=C\C/C=C\CCCCCCCC(=O)OC(COC(=O)CCCCCCCCCCC)COP(=O)(O)O. The van der Waals surface area contributed by atoms with Crippen LogP contribution in [0, 0.1) is 0 Å². The first-order valence-corrected chi connectivity index (χ1v) is 17.2. The van der Waals surface area contributed by atoms with Crippen molar-refractivity contribution in [1.82, 2.24) is 0 Å². The van der Waals surface area contributed by atoms with E-state index in [4.69, 9.17) is 19.3 Å². The summed E-state index contributed by atoms with van der Waals surface area (Å²) >= 11 is 0. The van der Waals surface area contributed by atoms with Crippen LogP contribution in [-0.4, -0.2) is 41.0 Å². The van der Waals surface area contributed by atoms with Gasteiger partial charge in [0.25, 0.3) is 0 Å². The Hall–Kier alpha value is -1.47. The quantitative estimate of drug-likeness (QED) is 0.0404. The van der Waals surface area contributed by atoms with Gasteiger partial charge in [0.15, 0.2) is 6.10 Å². The van der Waals surface area contributed by atoms with Crippen molar-refractivity contribution in [1.29, 1.82) is 0 Å². The molecule has 0 heterocycles. The monoisotopic (exact) mass is 588 g/mol. The van der Waals surface area contributed by atoms with Gasteiger partial charge in [-0.2, -0.15) is 0 Å². The van der Waals surface area contributed by atoms with Crippen LogP contribution in [0.4, 0.5) is 0 Å². The molecule has 0 aromatic heterocycles. The molecular weight excluding hydrogens is 531 g/mol. The molecule has 0 saturated heterocycles. The number of allylic oxidation sites excluding steroid dienone is 4. The van der Waals surface area contributed by atoms with E-state index in [0.717, 1.165) is 64.2 Å². The highest BCUT2D eigenvalue weighted by molar-refractivity contribution is 7.46. The van der Waals surface area contributed by atoms with Crippen molar-refractivity contribution >= 4 is 19.8 Å². The first kappa shape index (κ1) is 38.5. The van der Waals surface area contributed by atoms with Crippen LogP contribution < -0.4 is 0 Å². The first-order chi connectivity index (χ1) is 19.3. The number of carbonyl (C=O) groups excluding carboxylic acids is 2. The second-order valence-corrected chi connectivity index (χ2v) is 11.7. The molecule has 0 amide bonds. The molecule has 1 unspecified atom stereocenters. The number of esters is 2. The molecule has 40 heavy (non-hydrogen) atoms. The van der Waals surface area contributed by atoms with Crippen LogP contribution in [0.1, 0.15) is 142 Å². The zero-order valence-corrected chi connectivity index (χ0v) is 26.1. The Morgan fingerprint density at radius 3 is 1.75 bits per heavy atom. The van der Waals surface area contributed by atoms with Crippen LogP contribution >= 0.6 is 7.82 Å². The molecule has 0 aromatic rings. The molecule has 0 bridgehead atoms. The Kier molecular flexibility index (Phi) is 26.7. The number of phosphoric acid groups is 1. The lowest BCUT2D eigenvalue weighted by atomic mass is 10.1. The molecular formula is C31H57O8P. The molecule has 0 fully saturated rings. The second-order valence-electron chi connectivity index (χ2n) is 10.4. The van der Waals surface area contributed by atoms with Gasteiger partial charge in [0.2, 0.25) is 0 Å². The third-order valence-corrected chi connectivity index (χ3v) is 6.94. The summed E-state index contributed by atoms with van der Waals surface area (Å²) in [4.78, 5) is 42.3. The summed E-state index contributed by atoms with van der Waals surface area (Å²) in [7, 11) is -4.74. The van der Waals surface area contributed by atoms with Gasteiger partial charge in [-0.25, -0.2) is 4.57 Å². The number of phosphoric ester groups is 1. The molecule has 234 valence electrons. The van der Waals surface area contributed by atoms with Gasteiger partial charge in [0.1, 0.15) is 6.61 Å². The van der Waals surface area contributed by atoms with Crippen molar-refractivity contribution in [3.8, 4) is 0 Å². The Morgan fingerprint density at radius 2 is 1.18 bits per heavy atom. The molecule has 2 N–H and O–H groups in total. The highest BCUT2D eigenvalue weighted by Crippen LogP contribution is 2.35. The molecule has 0 spiro atoms. The van der Waals surface area contributed by atoms with Crippen LogP contribution in [0.2, 0.25) is 0 Å². The molecule has 8 nitrogen and oxygen atoms in total. The van der Waals surface area contributed by atoms with Crippen LogP contribution in [0.5, 0.6) is 0 Å². The summed E-state index contributed by atoms with van der Waals surface area (Å²) in [6, 6.07) is 0. The molecule has 1 atom stereocenters. The first-order valence-electron chi connectivity index (χ1n) is 15.6. The summed E-state index contributed by atoms with van der Waals surface area (Å²) in [5.74, 6) is -0.906. The minimum absolute atomic E-state index is 0.197. The summed E-state index contributed by atoms with van der Waals surface area (Å²) < 4.78 is 26.1. The average Bonchev–Trinajstić information content (AvgIpc) is 2.91. The van der Waals surface area contributed by atoms with Crippen molar-refractivity contribution in [3.05, 3.63) is 24.3 Å². The topological polar surface area (TPSA) is 119 Å². The minimum atomic E-state index is -4.74. The summed E-state index contributed by atoms with van der Waals surface area (Å²) in [6.45, 7) is 3.55. The van der Waals surface area contributed by atoms with Crippen LogP contribution in [0.3, 0.4) is 0 Å². The van der Waals surface area contributed by atoms with E-state index < -0.39 is 32.5 Å². The number of ether oxygens (including phenoxy) is 2. The van der Waals surface area contributed by atoms with E-state index in [1.807, 2.05) is 0 Å². The maximum Gasteiger partial charge on any atom is 0.469 e. The second kappa shape index (κ2) is 27.7. The Bertz CT molecular complexity index is 716. The highest BCUT2D eigenvalue weighted by atomic mass is 31.2. The maximum atomic E-state index is 12.3. The Morgan fingerprint density at radius 1 is 0.650 bits per heavy atom. The molecule has 0 aromatic carbocycles. The minimum Gasteiger partial charge on any atom is -0.462 e. The largest absolute Gasteiger partial charge is 0.469 e. The van der Waals surface area contributed by atoms with Gasteiger partial charge in [0.05, 0.1) is 6.61 Å². The summed E-state index contributed by atoms with van der Waals surface area (Å²) in [5.41, 5.74) is 0. The maximum absolute atomic E-state index is 12.3. The lowest BCUT2D eigenvalue weighted by Crippen LogP contribution is -2.29. The summed E-state index contributed by atoms with van der Waals surface area (Å²) in [5, 5.41) is 0. The van der Waals surface area contributed by atoms with Crippen molar-refractivity contribution in [2.75, 3.05) is 13.2 Å². The normalized spacial score (nSPS) is 12.8. The van der Waals surface area contributed by atoms with Gasteiger partial charge in [-0.05, 0) is 38.5 Å². The van der Waals surface area contributed by atoms with E-state index in [2.05, 4.69) is 42.7 Å². The van der Waals surface area contributed by atoms with Gasteiger partial charge < -0.3 is 19.3 Å². The lowest BCUT2D eigenvalue weighted by Gasteiger charge is -2.18. The van der Waals surface area contributed by atoms with Gasteiger partial charge in [-0.15, -0.1) is 0 Å². The van der Waals surface area contributed by atoms with Crippen molar-refractivity contribution in [2.45, 2.75) is 148 Å².